The van der Waals surface area contributed by atoms with Gasteiger partial charge in [-0.3, -0.25) is 9.69 Å². The monoisotopic (exact) mass is 359 g/mol. The maximum absolute atomic E-state index is 13.1. The molecule has 5 nitrogen and oxygen atoms in total. The van der Waals surface area contributed by atoms with Crippen molar-refractivity contribution in [2.75, 3.05) is 38.2 Å². The lowest BCUT2D eigenvalue weighted by molar-refractivity contribution is -0.142. The average molecular weight is 360 g/mol. The molecule has 2 heterocycles. The van der Waals surface area contributed by atoms with Crippen LogP contribution in [0.3, 0.4) is 0 Å². The molecule has 1 amide bonds. The second-order valence-corrected chi connectivity index (χ2v) is 7.75. The largest absolute Gasteiger partial charge is 0.495 e. The van der Waals surface area contributed by atoms with Crippen molar-refractivity contribution in [3.05, 3.63) is 24.3 Å². The van der Waals surface area contributed by atoms with Gasteiger partial charge in [-0.1, -0.05) is 12.1 Å². The number of nitrogens with zero attached hydrogens (tertiary/aromatic N) is 3. The lowest BCUT2D eigenvalue weighted by atomic mass is 9.96. The molecule has 0 saturated carbocycles. The molecule has 3 rings (SSSR count). The third-order valence-electron chi connectivity index (χ3n) is 6.09. The van der Waals surface area contributed by atoms with Crippen LogP contribution in [0.2, 0.25) is 0 Å². The Morgan fingerprint density at radius 3 is 2.31 bits per heavy atom. The van der Waals surface area contributed by atoms with E-state index in [1.54, 1.807) is 7.11 Å². The Bertz CT molecular complexity index is 603. The zero-order chi connectivity index (χ0) is 18.7. The van der Waals surface area contributed by atoms with Crippen LogP contribution in [0, 0.1) is 0 Å². The quantitative estimate of drug-likeness (QED) is 0.828. The SMILES string of the molecule is COc1ccccc1N1CCN([C@H](C)C(=O)N2[C@@H](C)CCC[C@@H]2C)CC1. The van der Waals surface area contributed by atoms with Crippen molar-refractivity contribution in [3.8, 4) is 5.75 Å². The van der Waals surface area contributed by atoms with Crippen LogP contribution in [0.25, 0.3) is 0 Å². The molecule has 0 N–H and O–H groups in total. The van der Waals surface area contributed by atoms with Crippen molar-refractivity contribution in [1.82, 2.24) is 9.80 Å². The number of para-hydroxylation sites is 2. The number of amides is 1. The standard InChI is InChI=1S/C21H33N3O2/c1-16-8-7-9-17(2)24(16)21(25)18(3)22-12-14-23(15-13-22)19-10-5-6-11-20(19)26-4/h5-6,10-11,16-18H,7-9,12-15H2,1-4H3/t16-,17-,18+/m0/s1. The molecule has 2 fully saturated rings. The summed E-state index contributed by atoms with van der Waals surface area (Å²) in [5.74, 6) is 1.22. The lowest BCUT2D eigenvalue weighted by Gasteiger charge is -2.44. The number of piperidine rings is 1. The van der Waals surface area contributed by atoms with E-state index in [9.17, 15) is 4.79 Å². The van der Waals surface area contributed by atoms with Crippen LogP contribution >= 0.6 is 0 Å². The number of hydrogen-bond donors (Lipinski definition) is 0. The van der Waals surface area contributed by atoms with Crippen molar-refractivity contribution in [3.63, 3.8) is 0 Å². The molecule has 1 aromatic carbocycles. The topological polar surface area (TPSA) is 36.0 Å². The van der Waals surface area contributed by atoms with Gasteiger partial charge in [0, 0.05) is 38.3 Å². The smallest absolute Gasteiger partial charge is 0.240 e. The Kier molecular flexibility index (Phi) is 6.07. The molecular weight excluding hydrogens is 326 g/mol. The third kappa shape index (κ3) is 3.83. The summed E-state index contributed by atoms with van der Waals surface area (Å²) in [5, 5.41) is 0. The summed E-state index contributed by atoms with van der Waals surface area (Å²) in [7, 11) is 1.72. The summed E-state index contributed by atoms with van der Waals surface area (Å²) in [6, 6.07) is 8.85. The van der Waals surface area contributed by atoms with E-state index in [1.165, 1.54) is 6.42 Å². The van der Waals surface area contributed by atoms with Gasteiger partial charge in [-0.05, 0) is 52.2 Å². The minimum absolute atomic E-state index is 0.0437. The van der Waals surface area contributed by atoms with Gasteiger partial charge in [0.1, 0.15) is 5.75 Å². The summed E-state index contributed by atoms with van der Waals surface area (Å²) >= 11 is 0. The molecule has 2 aliphatic heterocycles. The molecule has 0 aliphatic carbocycles. The molecule has 0 radical (unpaired) electrons. The fourth-order valence-corrected chi connectivity index (χ4v) is 4.47. The number of ether oxygens (including phenoxy) is 1. The van der Waals surface area contributed by atoms with Gasteiger partial charge in [0.25, 0.3) is 0 Å². The highest BCUT2D eigenvalue weighted by Gasteiger charge is 2.35. The molecule has 2 aliphatic rings. The molecule has 1 aromatic rings. The first-order valence-electron chi connectivity index (χ1n) is 9.97. The van der Waals surface area contributed by atoms with E-state index in [2.05, 4.69) is 47.6 Å². The zero-order valence-corrected chi connectivity index (χ0v) is 16.6. The predicted molar refractivity (Wildman–Crippen MR) is 106 cm³/mol. The Morgan fingerprint density at radius 2 is 1.69 bits per heavy atom. The first-order valence-corrected chi connectivity index (χ1v) is 9.97. The molecule has 2 saturated heterocycles. The summed E-state index contributed by atoms with van der Waals surface area (Å²) in [4.78, 5) is 20.0. The van der Waals surface area contributed by atoms with Crippen LogP contribution in [0.1, 0.15) is 40.0 Å². The van der Waals surface area contributed by atoms with Crippen LogP contribution in [0.4, 0.5) is 5.69 Å². The lowest BCUT2D eigenvalue weighted by Crippen LogP contribution is -2.58. The minimum Gasteiger partial charge on any atom is -0.495 e. The maximum atomic E-state index is 13.1. The summed E-state index contributed by atoms with van der Waals surface area (Å²) in [6.45, 7) is 10.1. The number of rotatable bonds is 4. The first-order chi connectivity index (χ1) is 12.5. The highest BCUT2D eigenvalue weighted by atomic mass is 16.5. The third-order valence-corrected chi connectivity index (χ3v) is 6.09. The van der Waals surface area contributed by atoms with Gasteiger partial charge in [-0.15, -0.1) is 0 Å². The predicted octanol–water partition coefficient (Wildman–Crippen LogP) is 3.00. The summed E-state index contributed by atoms with van der Waals surface area (Å²) < 4.78 is 5.50. The van der Waals surface area contributed by atoms with Gasteiger partial charge in [0.05, 0.1) is 18.8 Å². The van der Waals surface area contributed by atoms with Crippen molar-refractivity contribution in [2.24, 2.45) is 0 Å². The van der Waals surface area contributed by atoms with Crippen LogP contribution in [-0.4, -0.2) is 67.1 Å². The Hall–Kier alpha value is -1.75. The molecule has 0 bridgehead atoms. The van der Waals surface area contributed by atoms with Gasteiger partial charge < -0.3 is 14.5 Å². The Labute approximate surface area is 157 Å². The molecule has 144 valence electrons. The normalized spacial score (nSPS) is 25.8. The number of anilines is 1. The second kappa shape index (κ2) is 8.30. The van der Waals surface area contributed by atoms with E-state index in [-0.39, 0.29) is 6.04 Å². The van der Waals surface area contributed by atoms with Gasteiger partial charge in [-0.25, -0.2) is 0 Å². The number of benzene rings is 1. The van der Waals surface area contributed by atoms with E-state index >= 15 is 0 Å². The molecule has 5 heteroatoms. The average Bonchev–Trinajstić information content (AvgIpc) is 2.67. The van der Waals surface area contributed by atoms with E-state index in [1.807, 2.05) is 12.1 Å². The highest BCUT2D eigenvalue weighted by molar-refractivity contribution is 5.82. The highest BCUT2D eigenvalue weighted by Crippen LogP contribution is 2.29. The Balaban J connectivity index is 1.61. The number of carbonyl (C=O) groups excluding carboxylic acids is 1. The fraction of sp³-hybridized carbons (Fsp3) is 0.667. The molecule has 3 atom stereocenters. The summed E-state index contributed by atoms with van der Waals surface area (Å²) in [5.41, 5.74) is 1.15. The molecule has 0 spiro atoms. The summed E-state index contributed by atoms with van der Waals surface area (Å²) in [6.07, 6.45) is 3.49. The fourth-order valence-electron chi connectivity index (χ4n) is 4.47. The molecule has 0 unspecified atom stereocenters. The number of methoxy groups -OCH3 is 1. The second-order valence-electron chi connectivity index (χ2n) is 7.75. The van der Waals surface area contributed by atoms with Gasteiger partial charge in [0.15, 0.2) is 0 Å². The van der Waals surface area contributed by atoms with Crippen LogP contribution in [0.15, 0.2) is 24.3 Å². The number of piperazine rings is 1. The molecular formula is C21H33N3O2. The number of hydrogen-bond acceptors (Lipinski definition) is 4. The molecule has 26 heavy (non-hydrogen) atoms. The van der Waals surface area contributed by atoms with Gasteiger partial charge in [-0.2, -0.15) is 0 Å². The minimum atomic E-state index is -0.0437. The van der Waals surface area contributed by atoms with Gasteiger partial charge in [0.2, 0.25) is 5.91 Å². The van der Waals surface area contributed by atoms with E-state index in [0.717, 1.165) is 50.5 Å². The van der Waals surface area contributed by atoms with E-state index in [4.69, 9.17) is 4.74 Å². The van der Waals surface area contributed by atoms with Gasteiger partial charge >= 0.3 is 0 Å². The number of carbonyl (C=O) groups is 1. The maximum Gasteiger partial charge on any atom is 0.240 e. The van der Waals surface area contributed by atoms with E-state index < -0.39 is 0 Å². The van der Waals surface area contributed by atoms with Crippen molar-refractivity contribution in [2.45, 2.75) is 58.2 Å². The van der Waals surface area contributed by atoms with Crippen molar-refractivity contribution >= 4 is 11.6 Å². The van der Waals surface area contributed by atoms with Crippen LogP contribution in [0.5, 0.6) is 5.75 Å². The van der Waals surface area contributed by atoms with Crippen LogP contribution < -0.4 is 9.64 Å². The molecule has 0 aromatic heterocycles. The Morgan fingerprint density at radius 1 is 1.08 bits per heavy atom. The van der Waals surface area contributed by atoms with Crippen LogP contribution in [-0.2, 0) is 4.79 Å². The zero-order valence-electron chi connectivity index (χ0n) is 16.6. The van der Waals surface area contributed by atoms with Crippen molar-refractivity contribution < 1.29 is 9.53 Å². The first kappa shape index (κ1) is 19.0. The number of likely N-dealkylation sites (tertiary alicyclic amines) is 1. The van der Waals surface area contributed by atoms with Crippen molar-refractivity contribution in [1.29, 1.82) is 0 Å². The van der Waals surface area contributed by atoms with E-state index in [0.29, 0.717) is 18.0 Å².